The monoisotopic (exact) mass is 396 g/mol. The normalized spacial score (nSPS) is 11.5. The second-order valence-electron chi connectivity index (χ2n) is 6.82. The molecule has 0 spiro atoms. The zero-order valence-corrected chi connectivity index (χ0v) is 16.7. The Hall–Kier alpha value is -2.92. The molecule has 0 aliphatic rings. The number of methoxy groups -OCH3 is 1. The first kappa shape index (κ1) is 19.8. The van der Waals surface area contributed by atoms with E-state index in [1.165, 1.54) is 7.11 Å². The number of fused-ring (bicyclic) bond motifs is 1. The Balaban J connectivity index is 2.46. The van der Waals surface area contributed by atoms with Gasteiger partial charge in [-0.25, -0.2) is 4.79 Å². The van der Waals surface area contributed by atoms with Crippen LogP contribution in [0.5, 0.6) is 0 Å². The maximum Gasteiger partial charge on any atom is 0.357 e. The molecular formula is C22H21ClN2O3. The van der Waals surface area contributed by atoms with E-state index < -0.39 is 11.5 Å². The molecule has 1 heterocycles. The Morgan fingerprint density at radius 3 is 2.54 bits per heavy atom. The third-order valence-electron chi connectivity index (χ3n) is 4.34. The number of halogens is 1. The van der Waals surface area contributed by atoms with Gasteiger partial charge in [-0.05, 0) is 41.5 Å². The number of nitrogens with zero attached hydrogens (tertiary/aromatic N) is 2. The van der Waals surface area contributed by atoms with Crippen molar-refractivity contribution < 1.29 is 9.53 Å². The van der Waals surface area contributed by atoms with E-state index in [0.29, 0.717) is 33.7 Å². The Kier molecular flexibility index (Phi) is 5.95. The molecule has 0 unspecified atom stereocenters. The number of pyridine rings is 1. The number of esters is 1. The third kappa shape index (κ3) is 3.85. The number of hydrogen-bond acceptors (Lipinski definition) is 4. The minimum Gasteiger partial charge on any atom is -0.464 e. The largest absolute Gasteiger partial charge is 0.464 e. The molecule has 0 atom stereocenters. The molecule has 0 fully saturated rings. The second kappa shape index (κ2) is 8.40. The van der Waals surface area contributed by atoms with Crippen molar-refractivity contribution in [3.63, 3.8) is 0 Å². The number of aromatic nitrogens is 1. The second-order valence-corrected chi connectivity index (χ2v) is 7.25. The molecule has 1 aromatic heterocycles. The maximum atomic E-state index is 13.1. The highest BCUT2D eigenvalue weighted by molar-refractivity contribution is 6.31. The van der Waals surface area contributed by atoms with Crippen LogP contribution in [0.1, 0.15) is 30.8 Å². The lowest BCUT2D eigenvalue weighted by atomic mass is 9.97. The quantitative estimate of drug-likeness (QED) is 0.451. The van der Waals surface area contributed by atoms with Crippen LogP contribution in [-0.2, 0) is 4.74 Å². The van der Waals surface area contributed by atoms with Gasteiger partial charge in [0.05, 0.1) is 7.11 Å². The lowest BCUT2D eigenvalue weighted by Gasteiger charge is -2.16. The summed E-state index contributed by atoms with van der Waals surface area (Å²) in [6.07, 6.45) is 2.32. The van der Waals surface area contributed by atoms with E-state index in [1.807, 2.05) is 44.2 Å². The summed E-state index contributed by atoms with van der Waals surface area (Å²) < 4.78 is 6.13. The summed E-state index contributed by atoms with van der Waals surface area (Å²) in [5.74, 6) is -0.270. The molecule has 144 valence electrons. The van der Waals surface area contributed by atoms with E-state index in [4.69, 9.17) is 16.3 Å². The molecule has 5 nitrogen and oxygen atoms in total. The molecule has 2 aromatic carbocycles. The Labute approximate surface area is 168 Å². The lowest BCUT2D eigenvalue weighted by Crippen LogP contribution is -2.25. The molecular weight excluding hydrogens is 376 g/mol. The Morgan fingerprint density at radius 2 is 1.89 bits per heavy atom. The minimum atomic E-state index is -0.639. The van der Waals surface area contributed by atoms with Crippen LogP contribution in [0.15, 0.2) is 58.4 Å². The van der Waals surface area contributed by atoms with Crippen LogP contribution in [0, 0.1) is 5.92 Å². The zero-order valence-electron chi connectivity index (χ0n) is 16.0. The average Bonchev–Trinajstić information content (AvgIpc) is 2.69. The highest BCUT2D eigenvalue weighted by Gasteiger charge is 2.24. The van der Waals surface area contributed by atoms with Crippen molar-refractivity contribution >= 4 is 34.6 Å². The fraction of sp³-hybridized carbons (Fsp3) is 0.227. The van der Waals surface area contributed by atoms with Gasteiger partial charge >= 0.3 is 5.97 Å². The summed E-state index contributed by atoms with van der Waals surface area (Å²) >= 11 is 6.20. The number of benzene rings is 2. The predicted octanol–water partition coefficient (Wildman–Crippen LogP) is 4.99. The van der Waals surface area contributed by atoms with Crippen LogP contribution in [0.4, 0.5) is 0 Å². The van der Waals surface area contributed by atoms with Crippen molar-refractivity contribution in [3.8, 4) is 11.1 Å². The number of carbonyl (C=O) groups excluding carboxylic acids is 1. The topological polar surface area (TPSA) is 60.7 Å². The number of rotatable bonds is 5. The van der Waals surface area contributed by atoms with E-state index >= 15 is 0 Å². The molecule has 0 bridgehead atoms. The molecule has 0 aliphatic carbocycles. The molecule has 0 saturated heterocycles. The summed E-state index contributed by atoms with van der Waals surface area (Å²) in [5.41, 5.74) is 1.01. The standard InChI is InChI=1S/C22H21ClN2O3/c1-14(2)11-12-24-25-20(22(27)28-3)19(15-7-5-4-6-8-15)18-13-16(23)9-10-17(18)21(25)26/h4-10,12-14H,11H2,1-3H3/b24-12+. The fourth-order valence-corrected chi connectivity index (χ4v) is 3.16. The molecule has 0 radical (unpaired) electrons. The van der Waals surface area contributed by atoms with Crippen LogP contribution < -0.4 is 5.56 Å². The van der Waals surface area contributed by atoms with Gasteiger partial charge in [-0.2, -0.15) is 9.78 Å². The highest BCUT2D eigenvalue weighted by atomic mass is 35.5. The van der Waals surface area contributed by atoms with Gasteiger partial charge in [0.2, 0.25) is 0 Å². The van der Waals surface area contributed by atoms with Crippen LogP contribution in [0.25, 0.3) is 21.9 Å². The van der Waals surface area contributed by atoms with Gasteiger partial charge in [-0.1, -0.05) is 55.8 Å². The first-order valence-electron chi connectivity index (χ1n) is 8.98. The third-order valence-corrected chi connectivity index (χ3v) is 4.57. The van der Waals surface area contributed by atoms with Crippen LogP contribution in [0.3, 0.4) is 0 Å². The SMILES string of the molecule is COC(=O)c1c(-c2ccccc2)c2cc(Cl)ccc2c(=O)n1/N=C/CC(C)C. The Morgan fingerprint density at radius 1 is 1.18 bits per heavy atom. The van der Waals surface area contributed by atoms with Crippen LogP contribution in [0.2, 0.25) is 5.02 Å². The van der Waals surface area contributed by atoms with Crippen molar-refractivity contribution in [2.75, 3.05) is 7.11 Å². The van der Waals surface area contributed by atoms with Crippen molar-refractivity contribution in [1.29, 1.82) is 0 Å². The molecule has 3 aromatic rings. The zero-order chi connectivity index (χ0) is 20.3. The van der Waals surface area contributed by atoms with Crippen molar-refractivity contribution in [1.82, 2.24) is 4.68 Å². The van der Waals surface area contributed by atoms with Crippen molar-refractivity contribution in [2.24, 2.45) is 11.0 Å². The number of carbonyl (C=O) groups is 1. The van der Waals surface area contributed by atoms with Gasteiger partial charge in [-0.3, -0.25) is 4.79 Å². The number of hydrogen-bond donors (Lipinski definition) is 0. The van der Waals surface area contributed by atoms with E-state index in [0.717, 1.165) is 10.2 Å². The van der Waals surface area contributed by atoms with Crippen molar-refractivity contribution in [3.05, 3.63) is 69.6 Å². The van der Waals surface area contributed by atoms with Gasteiger partial charge in [0.1, 0.15) is 0 Å². The summed E-state index contributed by atoms with van der Waals surface area (Å²) in [6.45, 7) is 4.10. The van der Waals surface area contributed by atoms with E-state index in [1.54, 1.807) is 24.4 Å². The predicted molar refractivity (Wildman–Crippen MR) is 113 cm³/mol. The molecule has 0 aliphatic heterocycles. The first-order chi connectivity index (χ1) is 13.4. The molecule has 6 heteroatoms. The van der Waals surface area contributed by atoms with Crippen molar-refractivity contribution in [2.45, 2.75) is 20.3 Å². The van der Waals surface area contributed by atoms with Crippen LogP contribution >= 0.6 is 11.6 Å². The lowest BCUT2D eigenvalue weighted by molar-refractivity contribution is 0.0589. The summed E-state index contributed by atoms with van der Waals surface area (Å²) in [5, 5.41) is 5.80. The van der Waals surface area contributed by atoms with Gasteiger partial charge in [0.25, 0.3) is 5.56 Å². The number of ether oxygens (including phenoxy) is 1. The van der Waals surface area contributed by atoms with Crippen LogP contribution in [-0.4, -0.2) is 24.0 Å². The first-order valence-corrected chi connectivity index (χ1v) is 9.36. The van der Waals surface area contributed by atoms with Gasteiger partial charge < -0.3 is 4.74 Å². The fourth-order valence-electron chi connectivity index (χ4n) is 2.99. The summed E-state index contributed by atoms with van der Waals surface area (Å²) in [4.78, 5) is 25.9. The minimum absolute atomic E-state index is 0.0773. The smallest absolute Gasteiger partial charge is 0.357 e. The van der Waals surface area contributed by atoms with Gasteiger partial charge in [-0.15, -0.1) is 0 Å². The molecule has 3 rings (SSSR count). The van der Waals surface area contributed by atoms with Gasteiger partial charge in [0.15, 0.2) is 5.69 Å². The maximum absolute atomic E-state index is 13.1. The average molecular weight is 397 g/mol. The van der Waals surface area contributed by atoms with E-state index in [-0.39, 0.29) is 5.69 Å². The molecule has 28 heavy (non-hydrogen) atoms. The summed E-state index contributed by atoms with van der Waals surface area (Å²) in [6, 6.07) is 14.3. The van der Waals surface area contributed by atoms with E-state index in [9.17, 15) is 9.59 Å². The molecule has 0 N–H and O–H groups in total. The highest BCUT2D eigenvalue weighted by Crippen LogP contribution is 2.32. The summed E-state index contributed by atoms with van der Waals surface area (Å²) in [7, 11) is 1.28. The van der Waals surface area contributed by atoms with Gasteiger partial charge in [0, 0.05) is 22.2 Å². The van der Waals surface area contributed by atoms with E-state index in [2.05, 4.69) is 5.10 Å². The molecule has 0 saturated carbocycles. The Bertz CT molecular complexity index is 1100. The molecule has 0 amide bonds.